The molecule has 0 unspecified atom stereocenters. The first-order valence-corrected chi connectivity index (χ1v) is 10.2. The fraction of sp³-hybridized carbons (Fsp3) is 0.120. The van der Waals surface area contributed by atoms with Crippen LogP contribution < -0.4 is 16.0 Å². The molecular formula is C25H23N3O5. The minimum Gasteiger partial charge on any atom is -0.469 e. The zero-order valence-electron chi connectivity index (χ0n) is 18.0. The zero-order valence-corrected chi connectivity index (χ0v) is 18.0. The van der Waals surface area contributed by atoms with Gasteiger partial charge in [-0.15, -0.1) is 0 Å². The van der Waals surface area contributed by atoms with Crippen LogP contribution in [0.15, 0.2) is 78.9 Å². The van der Waals surface area contributed by atoms with Crippen molar-refractivity contribution in [3.8, 4) is 0 Å². The number of benzene rings is 3. The summed E-state index contributed by atoms with van der Waals surface area (Å²) in [6.07, 6.45) is 0.0805. The van der Waals surface area contributed by atoms with E-state index in [4.69, 9.17) is 0 Å². The first kappa shape index (κ1) is 23.2. The van der Waals surface area contributed by atoms with E-state index in [9.17, 15) is 19.2 Å². The topological polar surface area (TPSA) is 114 Å². The van der Waals surface area contributed by atoms with Gasteiger partial charge in [-0.25, -0.2) is 4.79 Å². The molecule has 0 aromatic heterocycles. The number of esters is 1. The molecule has 168 valence electrons. The van der Waals surface area contributed by atoms with Gasteiger partial charge in [0.1, 0.15) is 0 Å². The molecule has 0 aliphatic rings. The number of urea groups is 1. The van der Waals surface area contributed by atoms with Crippen LogP contribution in [0, 0.1) is 0 Å². The van der Waals surface area contributed by atoms with Gasteiger partial charge in [0.2, 0.25) is 5.91 Å². The number of nitrogens with one attached hydrogen (secondary N) is 3. The minimum atomic E-state index is -0.589. The Labute approximate surface area is 191 Å². The van der Waals surface area contributed by atoms with E-state index in [0.29, 0.717) is 28.1 Å². The van der Waals surface area contributed by atoms with Crippen molar-refractivity contribution < 1.29 is 23.9 Å². The van der Waals surface area contributed by atoms with Crippen LogP contribution in [0.3, 0.4) is 0 Å². The predicted octanol–water partition coefficient (Wildman–Crippen LogP) is 3.39. The molecule has 0 radical (unpaired) electrons. The second-order valence-electron chi connectivity index (χ2n) is 7.05. The number of hydrogen-bond acceptors (Lipinski definition) is 5. The maximum atomic E-state index is 12.8. The van der Waals surface area contributed by atoms with E-state index in [0.717, 1.165) is 0 Å². The number of carbonyl (C=O) groups is 4. The van der Waals surface area contributed by atoms with Gasteiger partial charge in [-0.05, 0) is 29.8 Å². The Kier molecular flexibility index (Phi) is 7.91. The number of ether oxygens (including phenoxy) is 1. The lowest BCUT2D eigenvalue weighted by Crippen LogP contribution is -2.36. The van der Waals surface area contributed by atoms with E-state index in [1.165, 1.54) is 7.11 Å². The summed E-state index contributed by atoms with van der Waals surface area (Å²) in [4.78, 5) is 48.7. The largest absolute Gasteiger partial charge is 0.469 e. The van der Waals surface area contributed by atoms with Gasteiger partial charge in [0, 0.05) is 16.8 Å². The van der Waals surface area contributed by atoms with Crippen LogP contribution in [-0.2, 0) is 20.7 Å². The SMILES string of the molecule is COC(=O)Cc1cccc(NC(=O)NCC(=O)Nc2ccccc2C(=O)c2ccccc2)c1. The second-order valence-corrected chi connectivity index (χ2v) is 7.05. The number of para-hydroxylation sites is 1. The van der Waals surface area contributed by atoms with Crippen molar-refractivity contribution in [3.63, 3.8) is 0 Å². The highest BCUT2D eigenvalue weighted by Crippen LogP contribution is 2.19. The third-order valence-corrected chi connectivity index (χ3v) is 4.65. The average Bonchev–Trinajstić information content (AvgIpc) is 2.83. The summed E-state index contributed by atoms with van der Waals surface area (Å²) in [6, 6.07) is 21.6. The Morgan fingerprint density at radius 1 is 0.818 bits per heavy atom. The highest BCUT2D eigenvalue weighted by Gasteiger charge is 2.15. The highest BCUT2D eigenvalue weighted by molar-refractivity contribution is 6.14. The summed E-state index contributed by atoms with van der Waals surface area (Å²) in [7, 11) is 1.30. The monoisotopic (exact) mass is 445 g/mol. The van der Waals surface area contributed by atoms with Crippen LogP contribution in [0.1, 0.15) is 21.5 Å². The van der Waals surface area contributed by atoms with Crippen LogP contribution in [-0.4, -0.2) is 37.3 Å². The lowest BCUT2D eigenvalue weighted by molar-refractivity contribution is -0.139. The lowest BCUT2D eigenvalue weighted by Gasteiger charge is -2.12. The van der Waals surface area contributed by atoms with Crippen molar-refractivity contribution in [2.24, 2.45) is 0 Å². The van der Waals surface area contributed by atoms with Gasteiger partial charge < -0.3 is 20.7 Å². The molecule has 3 aromatic rings. The van der Waals surface area contributed by atoms with Gasteiger partial charge in [0.15, 0.2) is 5.78 Å². The minimum absolute atomic E-state index is 0.0805. The normalized spacial score (nSPS) is 10.1. The number of anilines is 2. The van der Waals surface area contributed by atoms with Crippen LogP contribution >= 0.6 is 0 Å². The molecule has 0 fully saturated rings. The van der Waals surface area contributed by atoms with Crippen molar-refractivity contribution >= 4 is 35.1 Å². The third-order valence-electron chi connectivity index (χ3n) is 4.65. The van der Waals surface area contributed by atoms with Crippen LogP contribution in [0.2, 0.25) is 0 Å². The smallest absolute Gasteiger partial charge is 0.319 e. The van der Waals surface area contributed by atoms with Crippen LogP contribution in [0.25, 0.3) is 0 Å². The summed E-state index contributed by atoms with van der Waals surface area (Å²) in [5.74, 6) is -1.10. The summed E-state index contributed by atoms with van der Waals surface area (Å²) >= 11 is 0. The quantitative estimate of drug-likeness (QED) is 0.363. The molecule has 0 heterocycles. The summed E-state index contributed by atoms with van der Waals surface area (Å²) < 4.78 is 4.63. The maximum absolute atomic E-state index is 12.8. The average molecular weight is 445 g/mol. The van der Waals surface area contributed by atoms with Gasteiger partial charge >= 0.3 is 12.0 Å². The van der Waals surface area contributed by atoms with Gasteiger partial charge in [-0.3, -0.25) is 14.4 Å². The molecule has 33 heavy (non-hydrogen) atoms. The van der Waals surface area contributed by atoms with Crippen LogP contribution in [0.5, 0.6) is 0 Å². The number of amides is 3. The van der Waals surface area contributed by atoms with E-state index in [1.54, 1.807) is 72.8 Å². The van der Waals surface area contributed by atoms with Crippen molar-refractivity contribution in [1.29, 1.82) is 0 Å². The Bertz CT molecular complexity index is 1160. The first-order valence-electron chi connectivity index (χ1n) is 10.2. The number of ketones is 1. The van der Waals surface area contributed by atoms with Gasteiger partial charge in [0.25, 0.3) is 0 Å². The zero-order chi connectivity index (χ0) is 23.6. The number of rotatable bonds is 8. The Hall–Kier alpha value is -4.46. The molecule has 0 saturated carbocycles. The molecule has 8 nitrogen and oxygen atoms in total. The summed E-state index contributed by atoms with van der Waals surface area (Å²) in [6.45, 7) is -0.304. The Morgan fingerprint density at radius 3 is 2.30 bits per heavy atom. The van der Waals surface area contributed by atoms with Crippen LogP contribution in [0.4, 0.5) is 16.2 Å². The number of carbonyl (C=O) groups excluding carboxylic acids is 4. The maximum Gasteiger partial charge on any atom is 0.319 e. The molecule has 0 spiro atoms. The van der Waals surface area contributed by atoms with Crippen molar-refractivity contribution in [3.05, 3.63) is 95.6 Å². The van der Waals surface area contributed by atoms with E-state index in [1.807, 2.05) is 6.07 Å². The predicted molar refractivity (Wildman–Crippen MR) is 124 cm³/mol. The number of hydrogen-bond donors (Lipinski definition) is 3. The molecule has 0 bridgehead atoms. The van der Waals surface area contributed by atoms with E-state index >= 15 is 0 Å². The Morgan fingerprint density at radius 2 is 1.55 bits per heavy atom. The molecular weight excluding hydrogens is 422 g/mol. The molecule has 3 amide bonds. The Balaban J connectivity index is 1.56. The highest BCUT2D eigenvalue weighted by atomic mass is 16.5. The molecule has 8 heteroatoms. The fourth-order valence-electron chi connectivity index (χ4n) is 3.06. The summed E-state index contributed by atoms with van der Waals surface area (Å²) in [5.41, 5.74) is 2.36. The fourth-order valence-corrected chi connectivity index (χ4v) is 3.06. The molecule has 3 aromatic carbocycles. The van der Waals surface area contributed by atoms with E-state index in [2.05, 4.69) is 20.7 Å². The second kappa shape index (κ2) is 11.2. The van der Waals surface area contributed by atoms with Gasteiger partial charge in [0.05, 0.1) is 25.8 Å². The summed E-state index contributed by atoms with van der Waals surface area (Å²) in [5, 5.41) is 7.74. The molecule has 3 N–H and O–H groups in total. The molecule has 0 atom stereocenters. The van der Waals surface area contributed by atoms with Crippen molar-refractivity contribution in [2.45, 2.75) is 6.42 Å². The van der Waals surface area contributed by atoms with Crippen molar-refractivity contribution in [2.75, 3.05) is 24.3 Å². The third kappa shape index (κ3) is 6.76. The standard InChI is InChI=1S/C25H23N3O5/c1-33-23(30)15-17-8-7-11-19(14-17)27-25(32)26-16-22(29)28-21-13-6-5-12-20(21)24(31)18-9-3-2-4-10-18/h2-14H,15-16H2,1H3,(H,28,29)(H2,26,27,32). The van der Waals surface area contributed by atoms with E-state index < -0.39 is 11.9 Å². The molecule has 0 aliphatic heterocycles. The first-order chi connectivity index (χ1) is 16.0. The molecule has 0 aliphatic carbocycles. The molecule has 3 rings (SSSR count). The molecule has 0 saturated heterocycles. The van der Waals surface area contributed by atoms with E-state index in [-0.39, 0.29) is 24.7 Å². The number of methoxy groups -OCH3 is 1. The van der Waals surface area contributed by atoms with Gasteiger partial charge in [-0.1, -0.05) is 54.6 Å². The van der Waals surface area contributed by atoms with Gasteiger partial charge in [-0.2, -0.15) is 0 Å². The lowest BCUT2D eigenvalue weighted by atomic mass is 10.0. The van der Waals surface area contributed by atoms with Crippen molar-refractivity contribution in [1.82, 2.24) is 5.32 Å².